The Balaban J connectivity index is 1.73. The summed E-state index contributed by atoms with van der Waals surface area (Å²) in [6, 6.07) is 9.42. The smallest absolute Gasteiger partial charge is 0.308 e. The number of carboxylic acid groups (broad SMARTS) is 1. The Labute approximate surface area is 130 Å². The van der Waals surface area contributed by atoms with Crippen LogP contribution >= 0.6 is 0 Å². The fourth-order valence-corrected chi connectivity index (χ4v) is 2.68. The predicted octanol–water partition coefficient (Wildman–Crippen LogP) is 2.01. The zero-order valence-electron chi connectivity index (χ0n) is 12.7. The van der Waals surface area contributed by atoms with Crippen LogP contribution in [-0.2, 0) is 20.7 Å². The highest BCUT2D eigenvalue weighted by Gasteiger charge is 2.20. The monoisotopic (exact) mass is 305 g/mol. The van der Waals surface area contributed by atoms with E-state index in [0.717, 1.165) is 31.2 Å². The standard InChI is InChI=1S/C17H23NO4/c19-16(12-22-15-8-4-5-9-15)18-11-14(17(20)21)10-13-6-2-1-3-7-13/h1-3,6-7,14-15H,4-5,8-12H2,(H,18,19)(H,20,21). The molecule has 1 amide bonds. The Morgan fingerprint density at radius 3 is 2.55 bits per heavy atom. The van der Waals surface area contributed by atoms with Crippen molar-refractivity contribution >= 4 is 11.9 Å². The van der Waals surface area contributed by atoms with Crippen molar-refractivity contribution < 1.29 is 19.4 Å². The number of carboxylic acids is 1. The van der Waals surface area contributed by atoms with E-state index in [0.29, 0.717) is 6.42 Å². The Bertz CT molecular complexity index is 483. The molecule has 2 N–H and O–H groups in total. The molecule has 1 aliphatic rings. The zero-order chi connectivity index (χ0) is 15.8. The molecular weight excluding hydrogens is 282 g/mol. The van der Waals surface area contributed by atoms with E-state index in [9.17, 15) is 14.7 Å². The summed E-state index contributed by atoms with van der Waals surface area (Å²) in [7, 11) is 0. The summed E-state index contributed by atoms with van der Waals surface area (Å²) in [5.74, 6) is -1.77. The molecule has 120 valence electrons. The van der Waals surface area contributed by atoms with Crippen LogP contribution in [-0.4, -0.2) is 36.2 Å². The van der Waals surface area contributed by atoms with Gasteiger partial charge in [-0.1, -0.05) is 43.2 Å². The van der Waals surface area contributed by atoms with Crippen LogP contribution < -0.4 is 5.32 Å². The molecule has 1 fully saturated rings. The number of rotatable bonds is 8. The van der Waals surface area contributed by atoms with Gasteiger partial charge in [-0.25, -0.2) is 0 Å². The van der Waals surface area contributed by atoms with Crippen LogP contribution in [0.4, 0.5) is 0 Å². The number of benzene rings is 1. The second-order valence-corrected chi connectivity index (χ2v) is 5.75. The molecule has 2 rings (SSSR count). The van der Waals surface area contributed by atoms with Gasteiger partial charge in [-0.05, 0) is 24.8 Å². The quantitative estimate of drug-likeness (QED) is 0.770. The van der Waals surface area contributed by atoms with E-state index < -0.39 is 11.9 Å². The summed E-state index contributed by atoms with van der Waals surface area (Å²) >= 11 is 0. The van der Waals surface area contributed by atoms with Gasteiger partial charge in [0.25, 0.3) is 0 Å². The molecule has 0 radical (unpaired) electrons. The third kappa shape index (κ3) is 5.48. The Hall–Kier alpha value is -1.88. The fraction of sp³-hybridized carbons (Fsp3) is 0.529. The first-order chi connectivity index (χ1) is 10.6. The van der Waals surface area contributed by atoms with Crippen LogP contribution in [0.25, 0.3) is 0 Å². The van der Waals surface area contributed by atoms with Crippen LogP contribution in [0.2, 0.25) is 0 Å². The fourth-order valence-electron chi connectivity index (χ4n) is 2.68. The summed E-state index contributed by atoms with van der Waals surface area (Å²) < 4.78 is 5.52. The van der Waals surface area contributed by atoms with Crippen LogP contribution in [0.15, 0.2) is 30.3 Å². The minimum absolute atomic E-state index is 0.0162. The highest BCUT2D eigenvalue weighted by Crippen LogP contribution is 2.20. The largest absolute Gasteiger partial charge is 0.481 e. The van der Waals surface area contributed by atoms with E-state index in [1.54, 1.807) is 0 Å². The molecule has 0 heterocycles. The van der Waals surface area contributed by atoms with Crippen LogP contribution in [0.1, 0.15) is 31.2 Å². The first-order valence-corrected chi connectivity index (χ1v) is 7.80. The molecule has 0 aromatic heterocycles. The van der Waals surface area contributed by atoms with Crippen molar-refractivity contribution in [2.75, 3.05) is 13.2 Å². The number of hydrogen-bond acceptors (Lipinski definition) is 3. The van der Waals surface area contributed by atoms with Gasteiger partial charge < -0.3 is 15.2 Å². The van der Waals surface area contributed by atoms with E-state index >= 15 is 0 Å². The number of amides is 1. The summed E-state index contributed by atoms with van der Waals surface area (Å²) in [4.78, 5) is 23.1. The number of nitrogens with one attached hydrogen (secondary N) is 1. The SMILES string of the molecule is O=C(COC1CCCC1)NCC(Cc1ccccc1)C(=O)O. The van der Waals surface area contributed by atoms with Gasteiger partial charge in [0.15, 0.2) is 0 Å². The Kier molecular flexibility index (Phi) is 6.40. The third-order valence-electron chi connectivity index (χ3n) is 3.97. The summed E-state index contributed by atoms with van der Waals surface area (Å²) in [6.45, 7) is 0.138. The van der Waals surface area contributed by atoms with Gasteiger partial charge >= 0.3 is 5.97 Å². The molecule has 1 unspecified atom stereocenters. The van der Waals surface area contributed by atoms with Crippen molar-refractivity contribution in [3.8, 4) is 0 Å². The molecule has 0 bridgehead atoms. The van der Waals surface area contributed by atoms with E-state index in [-0.39, 0.29) is 25.2 Å². The Morgan fingerprint density at radius 2 is 1.91 bits per heavy atom. The van der Waals surface area contributed by atoms with Crippen molar-refractivity contribution in [1.82, 2.24) is 5.32 Å². The van der Waals surface area contributed by atoms with Gasteiger partial charge in [0.2, 0.25) is 5.91 Å². The molecular formula is C17H23NO4. The molecule has 1 saturated carbocycles. The van der Waals surface area contributed by atoms with Gasteiger partial charge in [-0.2, -0.15) is 0 Å². The molecule has 0 spiro atoms. The molecule has 1 atom stereocenters. The molecule has 1 aromatic carbocycles. The molecule has 0 aliphatic heterocycles. The molecule has 5 heteroatoms. The average Bonchev–Trinajstić information content (AvgIpc) is 3.03. The maximum atomic E-state index is 11.8. The average molecular weight is 305 g/mol. The number of hydrogen-bond donors (Lipinski definition) is 2. The second-order valence-electron chi connectivity index (χ2n) is 5.75. The topological polar surface area (TPSA) is 75.6 Å². The van der Waals surface area contributed by atoms with Crippen molar-refractivity contribution in [3.05, 3.63) is 35.9 Å². The van der Waals surface area contributed by atoms with Crippen LogP contribution in [0.3, 0.4) is 0 Å². The van der Waals surface area contributed by atoms with E-state index in [1.807, 2.05) is 30.3 Å². The highest BCUT2D eigenvalue weighted by molar-refractivity contribution is 5.78. The molecule has 1 aliphatic carbocycles. The number of ether oxygens (including phenoxy) is 1. The lowest BCUT2D eigenvalue weighted by atomic mass is 9.99. The van der Waals surface area contributed by atoms with Crippen molar-refractivity contribution in [1.29, 1.82) is 0 Å². The lowest BCUT2D eigenvalue weighted by Gasteiger charge is -2.15. The maximum absolute atomic E-state index is 11.8. The summed E-state index contributed by atoms with van der Waals surface area (Å²) in [5.41, 5.74) is 0.950. The van der Waals surface area contributed by atoms with Gasteiger partial charge in [0.05, 0.1) is 12.0 Å². The molecule has 5 nitrogen and oxygen atoms in total. The molecule has 0 saturated heterocycles. The number of carbonyl (C=O) groups excluding carboxylic acids is 1. The number of aliphatic carboxylic acids is 1. The first-order valence-electron chi connectivity index (χ1n) is 7.80. The van der Waals surface area contributed by atoms with Crippen LogP contribution in [0, 0.1) is 5.92 Å². The van der Waals surface area contributed by atoms with E-state index in [1.165, 1.54) is 0 Å². The van der Waals surface area contributed by atoms with Gasteiger partial charge in [0, 0.05) is 6.54 Å². The molecule has 1 aromatic rings. The minimum Gasteiger partial charge on any atom is -0.481 e. The third-order valence-corrected chi connectivity index (χ3v) is 3.97. The lowest BCUT2D eigenvalue weighted by molar-refractivity contribution is -0.141. The predicted molar refractivity (Wildman–Crippen MR) is 82.5 cm³/mol. The number of carbonyl (C=O) groups is 2. The van der Waals surface area contributed by atoms with Gasteiger partial charge in [-0.15, -0.1) is 0 Å². The van der Waals surface area contributed by atoms with Crippen molar-refractivity contribution in [3.63, 3.8) is 0 Å². The maximum Gasteiger partial charge on any atom is 0.308 e. The first kappa shape index (κ1) is 16.5. The zero-order valence-corrected chi connectivity index (χ0v) is 12.7. The van der Waals surface area contributed by atoms with Gasteiger partial charge in [0.1, 0.15) is 6.61 Å². The second kappa shape index (κ2) is 8.54. The van der Waals surface area contributed by atoms with Crippen molar-refractivity contribution in [2.45, 2.75) is 38.2 Å². The van der Waals surface area contributed by atoms with Crippen molar-refractivity contribution in [2.24, 2.45) is 5.92 Å². The lowest BCUT2D eigenvalue weighted by Crippen LogP contribution is -2.36. The molecule has 22 heavy (non-hydrogen) atoms. The Morgan fingerprint density at radius 1 is 1.23 bits per heavy atom. The van der Waals surface area contributed by atoms with Gasteiger partial charge in [-0.3, -0.25) is 9.59 Å². The summed E-state index contributed by atoms with van der Waals surface area (Å²) in [6.07, 6.45) is 4.93. The van der Waals surface area contributed by atoms with E-state index in [4.69, 9.17) is 4.74 Å². The van der Waals surface area contributed by atoms with E-state index in [2.05, 4.69) is 5.32 Å². The highest BCUT2D eigenvalue weighted by atomic mass is 16.5. The summed E-state index contributed by atoms with van der Waals surface area (Å²) in [5, 5.41) is 11.9. The normalized spacial score (nSPS) is 16.4. The van der Waals surface area contributed by atoms with Crippen LogP contribution in [0.5, 0.6) is 0 Å². The minimum atomic E-state index is -0.902.